The van der Waals surface area contributed by atoms with Gasteiger partial charge in [-0.2, -0.15) is 0 Å². The summed E-state index contributed by atoms with van der Waals surface area (Å²) in [6.07, 6.45) is 4.75. The Morgan fingerprint density at radius 1 is 0.923 bits per heavy atom. The summed E-state index contributed by atoms with van der Waals surface area (Å²) in [5.74, 6) is -1.90. The molecule has 0 aromatic heterocycles. The van der Waals surface area contributed by atoms with Crippen molar-refractivity contribution in [3.63, 3.8) is 0 Å². The van der Waals surface area contributed by atoms with Gasteiger partial charge in [0.2, 0.25) is 0 Å². The fourth-order valence-electron chi connectivity index (χ4n) is 1.07. The van der Waals surface area contributed by atoms with Crippen LogP contribution < -0.4 is 0 Å². The topological polar surface area (TPSA) is 0 Å². The van der Waals surface area contributed by atoms with Crippen LogP contribution >= 0.6 is 8.58 Å². The van der Waals surface area contributed by atoms with Crippen LogP contribution in [0, 0.1) is 0 Å². The molecule has 0 bridgehead atoms. The molecule has 0 heterocycles. The number of halogens is 2. The molecule has 2 unspecified atom stereocenters. The van der Waals surface area contributed by atoms with Crippen LogP contribution in [0.1, 0.15) is 52.4 Å². The maximum absolute atomic E-state index is 13.0. The molecule has 0 aliphatic carbocycles. The van der Waals surface area contributed by atoms with E-state index >= 15 is 0 Å². The molecule has 13 heavy (non-hydrogen) atoms. The quantitative estimate of drug-likeness (QED) is 0.498. The van der Waals surface area contributed by atoms with E-state index in [1.54, 1.807) is 0 Å². The summed E-state index contributed by atoms with van der Waals surface area (Å²) in [6, 6.07) is 0. The van der Waals surface area contributed by atoms with E-state index in [1.165, 1.54) is 0 Å². The van der Waals surface area contributed by atoms with Crippen molar-refractivity contribution >= 4 is 8.58 Å². The molecule has 0 fully saturated rings. The molecule has 0 nitrogen and oxygen atoms in total. The zero-order valence-corrected chi connectivity index (χ0v) is 9.49. The highest BCUT2D eigenvalue weighted by Gasteiger charge is 2.14. The van der Waals surface area contributed by atoms with Crippen LogP contribution in [0.2, 0.25) is 0 Å². The molecule has 79 valence electrons. The molecule has 0 N–H and O–H groups in total. The number of hydrogen-bond donors (Lipinski definition) is 0. The van der Waals surface area contributed by atoms with Crippen LogP contribution in [0.15, 0.2) is 0 Å². The Morgan fingerprint density at radius 3 is 1.62 bits per heavy atom. The molecular weight excluding hydrogens is 189 g/mol. The van der Waals surface area contributed by atoms with Crippen LogP contribution in [0.4, 0.5) is 8.78 Å². The second-order valence-corrected chi connectivity index (χ2v) is 4.72. The van der Waals surface area contributed by atoms with Gasteiger partial charge in [0.05, 0.1) is 0 Å². The number of rotatable bonds is 8. The van der Waals surface area contributed by atoms with Gasteiger partial charge < -0.3 is 0 Å². The lowest BCUT2D eigenvalue weighted by Crippen LogP contribution is -1.99. The van der Waals surface area contributed by atoms with Gasteiger partial charge in [-0.3, -0.25) is 0 Å². The molecule has 0 amide bonds. The predicted octanol–water partition coefficient (Wildman–Crippen LogP) is 4.90. The first-order valence-corrected chi connectivity index (χ1v) is 6.22. The van der Waals surface area contributed by atoms with Gasteiger partial charge in [-0.05, 0) is 21.4 Å². The zero-order chi connectivity index (χ0) is 10.1. The number of unbranched alkanes of at least 4 members (excludes halogenated alkanes) is 2. The third-order valence-corrected chi connectivity index (χ3v) is 3.08. The molecule has 0 aromatic rings. The van der Waals surface area contributed by atoms with Gasteiger partial charge >= 0.3 is 0 Å². The van der Waals surface area contributed by atoms with Gasteiger partial charge in [-0.25, -0.2) is 8.78 Å². The molecule has 0 aliphatic rings. The lowest BCUT2D eigenvalue weighted by molar-refractivity contribution is 0.378. The number of alkyl halides is 2. The highest BCUT2D eigenvalue weighted by molar-refractivity contribution is 7.39. The SMILES string of the molecule is CCCCC(F)[P]C(F)CCCC. The minimum absolute atomic E-state index is 0.356. The van der Waals surface area contributed by atoms with E-state index in [9.17, 15) is 8.78 Å². The predicted molar refractivity (Wildman–Crippen MR) is 55.8 cm³/mol. The maximum Gasteiger partial charge on any atom is 0.126 e. The van der Waals surface area contributed by atoms with E-state index in [1.807, 2.05) is 13.8 Å². The fraction of sp³-hybridized carbons (Fsp3) is 1.00. The van der Waals surface area contributed by atoms with E-state index in [-0.39, 0.29) is 0 Å². The van der Waals surface area contributed by atoms with Crippen molar-refractivity contribution < 1.29 is 8.78 Å². The van der Waals surface area contributed by atoms with Crippen molar-refractivity contribution in [3.05, 3.63) is 0 Å². The second kappa shape index (κ2) is 8.87. The standard InChI is InChI=1S/C10H20F2P/c1-3-5-7-9(11)13-10(12)8-6-4-2/h9-10H,3-8H2,1-2H3. The molecular formula is C10H20F2P. The third kappa shape index (κ3) is 8.62. The average molecular weight is 209 g/mol. The first-order chi connectivity index (χ1) is 6.20. The Bertz CT molecular complexity index is 97.1. The highest BCUT2D eigenvalue weighted by atomic mass is 31.1. The van der Waals surface area contributed by atoms with Gasteiger partial charge in [0.25, 0.3) is 0 Å². The Kier molecular flexibility index (Phi) is 9.07. The molecule has 0 spiro atoms. The minimum Gasteiger partial charge on any atom is -0.242 e. The van der Waals surface area contributed by atoms with E-state index in [0.717, 1.165) is 25.7 Å². The van der Waals surface area contributed by atoms with Crippen LogP contribution in [0.25, 0.3) is 0 Å². The maximum atomic E-state index is 13.0. The van der Waals surface area contributed by atoms with Gasteiger partial charge in [-0.1, -0.05) is 39.5 Å². The van der Waals surface area contributed by atoms with Crippen LogP contribution in [0.5, 0.6) is 0 Å². The summed E-state index contributed by atoms with van der Waals surface area (Å²) in [5.41, 5.74) is 0. The van der Waals surface area contributed by atoms with Crippen LogP contribution in [-0.2, 0) is 0 Å². The summed E-state index contributed by atoms with van der Waals surface area (Å²) in [5, 5.41) is 0. The largest absolute Gasteiger partial charge is 0.242 e. The Balaban J connectivity index is 3.35. The van der Waals surface area contributed by atoms with Crippen LogP contribution in [-0.4, -0.2) is 11.8 Å². The minimum atomic E-state index is -0.952. The van der Waals surface area contributed by atoms with E-state index in [4.69, 9.17) is 0 Å². The lowest BCUT2D eigenvalue weighted by Gasteiger charge is -2.10. The summed E-state index contributed by atoms with van der Waals surface area (Å²) in [4.78, 5) is 0. The van der Waals surface area contributed by atoms with Crippen molar-refractivity contribution in [2.24, 2.45) is 0 Å². The van der Waals surface area contributed by atoms with Crippen molar-refractivity contribution in [1.82, 2.24) is 0 Å². The highest BCUT2D eigenvalue weighted by Crippen LogP contribution is 2.33. The summed E-state index contributed by atoms with van der Waals surface area (Å²) in [7, 11) is 0.356. The van der Waals surface area contributed by atoms with Gasteiger partial charge in [-0.15, -0.1) is 0 Å². The lowest BCUT2D eigenvalue weighted by atomic mass is 10.3. The summed E-state index contributed by atoms with van der Waals surface area (Å²) < 4.78 is 26.0. The van der Waals surface area contributed by atoms with E-state index in [0.29, 0.717) is 21.4 Å². The Labute approximate surface area is 82.3 Å². The molecule has 2 atom stereocenters. The molecule has 0 rings (SSSR count). The molecule has 1 radical (unpaired) electrons. The van der Waals surface area contributed by atoms with Crippen molar-refractivity contribution in [2.45, 2.75) is 64.2 Å². The first kappa shape index (κ1) is 13.3. The zero-order valence-electron chi connectivity index (χ0n) is 8.60. The fourth-order valence-corrected chi connectivity index (χ4v) is 2.08. The monoisotopic (exact) mass is 209 g/mol. The average Bonchev–Trinajstić information content (AvgIpc) is 2.11. The van der Waals surface area contributed by atoms with Gasteiger partial charge in [0.1, 0.15) is 11.8 Å². The smallest absolute Gasteiger partial charge is 0.126 e. The van der Waals surface area contributed by atoms with Crippen LogP contribution in [0.3, 0.4) is 0 Å². The Morgan fingerprint density at radius 2 is 1.31 bits per heavy atom. The van der Waals surface area contributed by atoms with E-state index < -0.39 is 11.8 Å². The summed E-state index contributed by atoms with van der Waals surface area (Å²) >= 11 is 0. The Hall–Kier alpha value is 0.290. The first-order valence-electron chi connectivity index (χ1n) is 5.18. The van der Waals surface area contributed by atoms with Gasteiger partial charge in [0.15, 0.2) is 0 Å². The molecule has 0 aliphatic heterocycles. The van der Waals surface area contributed by atoms with Crippen molar-refractivity contribution in [1.29, 1.82) is 0 Å². The van der Waals surface area contributed by atoms with Gasteiger partial charge in [0, 0.05) is 0 Å². The normalized spacial score (nSPS) is 16.6. The molecule has 0 aromatic carbocycles. The molecule has 0 saturated carbocycles. The second-order valence-electron chi connectivity index (χ2n) is 3.30. The van der Waals surface area contributed by atoms with E-state index in [2.05, 4.69) is 0 Å². The van der Waals surface area contributed by atoms with Crippen molar-refractivity contribution in [2.75, 3.05) is 0 Å². The number of hydrogen-bond acceptors (Lipinski definition) is 0. The molecule has 0 saturated heterocycles. The summed E-state index contributed by atoms with van der Waals surface area (Å²) in [6.45, 7) is 4.04. The molecule has 3 heteroatoms. The third-order valence-electron chi connectivity index (χ3n) is 1.92. The van der Waals surface area contributed by atoms with Crippen molar-refractivity contribution in [3.8, 4) is 0 Å².